The normalized spacial score (nSPS) is 14.9. The number of unbranched alkanes of at least 4 members (excludes halogenated alkanes) is 1. The summed E-state index contributed by atoms with van der Waals surface area (Å²) < 4.78 is 0. The Morgan fingerprint density at radius 2 is 2.11 bits per heavy atom. The highest BCUT2D eigenvalue weighted by atomic mass is 79.9. The van der Waals surface area contributed by atoms with Crippen LogP contribution in [0.15, 0.2) is 18.2 Å². The molecule has 0 spiro atoms. The van der Waals surface area contributed by atoms with Crippen molar-refractivity contribution in [3.8, 4) is 0 Å². The summed E-state index contributed by atoms with van der Waals surface area (Å²) >= 11 is 3.44. The summed E-state index contributed by atoms with van der Waals surface area (Å²) in [6.07, 6.45) is 3.20. The minimum Gasteiger partial charge on any atom is -0.338 e. The molecule has 1 heterocycles. The zero-order valence-electron chi connectivity index (χ0n) is 11.8. The molecule has 0 bridgehead atoms. The zero-order valence-corrected chi connectivity index (χ0v) is 13.4. The van der Waals surface area contributed by atoms with Gasteiger partial charge in [0.05, 0.1) is 0 Å². The molecule has 1 aliphatic rings. The van der Waals surface area contributed by atoms with Gasteiger partial charge in [0.2, 0.25) is 0 Å². The predicted octanol–water partition coefficient (Wildman–Crippen LogP) is 3.98. The van der Waals surface area contributed by atoms with Crippen LogP contribution in [0.25, 0.3) is 0 Å². The molecule has 0 atom stereocenters. The topological polar surface area (TPSA) is 20.3 Å². The molecule has 1 amide bonds. The van der Waals surface area contributed by atoms with E-state index < -0.39 is 0 Å². The summed E-state index contributed by atoms with van der Waals surface area (Å²) in [5.41, 5.74) is 3.40. The number of benzene rings is 1. The lowest BCUT2D eigenvalue weighted by molar-refractivity contribution is 0.0737. The summed E-state index contributed by atoms with van der Waals surface area (Å²) in [5, 5.41) is 1.02. The van der Waals surface area contributed by atoms with Crippen LogP contribution >= 0.6 is 15.9 Å². The van der Waals surface area contributed by atoms with Gasteiger partial charge in [0, 0.05) is 24.0 Å². The summed E-state index contributed by atoms with van der Waals surface area (Å²) in [5.74, 6) is 0.695. The highest BCUT2D eigenvalue weighted by Crippen LogP contribution is 2.24. The molecule has 19 heavy (non-hydrogen) atoms. The van der Waals surface area contributed by atoms with E-state index in [0.29, 0.717) is 5.92 Å². The van der Waals surface area contributed by atoms with Gasteiger partial charge < -0.3 is 4.90 Å². The number of alkyl halides is 1. The third-order valence-electron chi connectivity index (χ3n) is 3.78. The summed E-state index contributed by atoms with van der Waals surface area (Å²) in [6, 6.07) is 6.40. The lowest BCUT2D eigenvalue weighted by atomic mass is 9.93. The quantitative estimate of drug-likeness (QED) is 0.592. The van der Waals surface area contributed by atoms with Gasteiger partial charge in [-0.3, -0.25) is 4.79 Å². The first-order valence-corrected chi connectivity index (χ1v) is 8.23. The van der Waals surface area contributed by atoms with Gasteiger partial charge in [0.25, 0.3) is 5.91 Å². The smallest absolute Gasteiger partial charge is 0.254 e. The van der Waals surface area contributed by atoms with Crippen LogP contribution in [0.3, 0.4) is 0 Å². The van der Waals surface area contributed by atoms with Gasteiger partial charge in [-0.2, -0.15) is 0 Å². The zero-order chi connectivity index (χ0) is 13.8. The number of hydrogen-bond acceptors (Lipinski definition) is 1. The number of halogens is 1. The Balaban J connectivity index is 2.14. The second-order valence-corrected chi connectivity index (χ2v) is 6.30. The number of nitrogens with zero attached hydrogens (tertiary/aromatic N) is 1. The van der Waals surface area contributed by atoms with Gasteiger partial charge >= 0.3 is 0 Å². The fraction of sp³-hybridized carbons (Fsp3) is 0.562. The molecule has 104 valence electrons. The van der Waals surface area contributed by atoms with Gasteiger partial charge in [0.1, 0.15) is 0 Å². The molecule has 0 fully saturated rings. The van der Waals surface area contributed by atoms with Crippen molar-refractivity contribution >= 4 is 21.8 Å². The number of carbonyl (C=O) groups excluding carboxylic acids is 1. The van der Waals surface area contributed by atoms with Crippen LogP contribution in [0.4, 0.5) is 0 Å². The van der Waals surface area contributed by atoms with E-state index in [0.717, 1.165) is 43.2 Å². The minimum absolute atomic E-state index is 0.221. The highest BCUT2D eigenvalue weighted by molar-refractivity contribution is 9.09. The molecular formula is C16H22BrNO. The molecule has 1 aromatic carbocycles. The molecule has 0 saturated carbocycles. The monoisotopic (exact) mass is 323 g/mol. The van der Waals surface area contributed by atoms with Crippen LogP contribution in [-0.4, -0.2) is 29.2 Å². The van der Waals surface area contributed by atoms with E-state index in [1.807, 2.05) is 4.90 Å². The molecule has 0 saturated heterocycles. The summed E-state index contributed by atoms with van der Waals surface area (Å²) in [7, 11) is 0. The molecule has 2 rings (SSSR count). The van der Waals surface area contributed by atoms with Gasteiger partial charge in [-0.05, 0) is 42.4 Å². The summed E-state index contributed by atoms with van der Waals surface area (Å²) in [6.45, 7) is 6.09. The fourth-order valence-electron chi connectivity index (χ4n) is 2.51. The molecule has 0 radical (unpaired) electrons. The molecule has 2 nitrogen and oxygen atoms in total. The van der Waals surface area contributed by atoms with E-state index in [1.54, 1.807) is 0 Å². The highest BCUT2D eigenvalue weighted by Gasteiger charge is 2.24. The number of amides is 1. The third kappa shape index (κ3) is 3.38. The minimum atomic E-state index is 0.221. The molecule has 0 aromatic heterocycles. The Labute approximate surface area is 124 Å². The van der Waals surface area contributed by atoms with Crippen LogP contribution in [0, 0.1) is 0 Å². The second kappa shape index (κ2) is 6.56. The third-order valence-corrected chi connectivity index (χ3v) is 4.34. The second-order valence-electron chi connectivity index (χ2n) is 5.51. The van der Waals surface area contributed by atoms with E-state index in [9.17, 15) is 4.79 Å². The van der Waals surface area contributed by atoms with Crippen molar-refractivity contribution in [3.63, 3.8) is 0 Å². The van der Waals surface area contributed by atoms with E-state index in [-0.39, 0.29) is 5.91 Å². The van der Waals surface area contributed by atoms with E-state index in [2.05, 4.69) is 48.0 Å². The average molecular weight is 324 g/mol. The van der Waals surface area contributed by atoms with Crippen molar-refractivity contribution in [1.82, 2.24) is 4.90 Å². The van der Waals surface area contributed by atoms with Crippen LogP contribution in [0.5, 0.6) is 0 Å². The Morgan fingerprint density at radius 3 is 2.79 bits per heavy atom. The molecule has 0 N–H and O–H groups in total. The fourth-order valence-corrected chi connectivity index (χ4v) is 2.90. The molecule has 0 unspecified atom stereocenters. The number of hydrogen-bond donors (Lipinski definition) is 0. The first-order valence-electron chi connectivity index (χ1n) is 7.11. The molecule has 3 heteroatoms. The van der Waals surface area contributed by atoms with Crippen molar-refractivity contribution in [2.45, 2.75) is 39.0 Å². The van der Waals surface area contributed by atoms with Crippen LogP contribution in [-0.2, 0) is 6.42 Å². The Bertz CT molecular complexity index is 456. The van der Waals surface area contributed by atoms with Gasteiger partial charge in [0.15, 0.2) is 0 Å². The van der Waals surface area contributed by atoms with Crippen molar-refractivity contribution in [2.24, 2.45) is 0 Å². The van der Waals surface area contributed by atoms with Gasteiger partial charge in [-0.15, -0.1) is 0 Å². The summed E-state index contributed by atoms with van der Waals surface area (Å²) in [4.78, 5) is 14.5. The van der Waals surface area contributed by atoms with Gasteiger partial charge in [-0.1, -0.05) is 41.9 Å². The van der Waals surface area contributed by atoms with E-state index in [4.69, 9.17) is 0 Å². The maximum Gasteiger partial charge on any atom is 0.254 e. The number of rotatable bonds is 5. The number of carbonyl (C=O) groups is 1. The largest absolute Gasteiger partial charge is 0.338 e. The predicted molar refractivity (Wildman–Crippen MR) is 83.2 cm³/mol. The van der Waals surface area contributed by atoms with Crippen molar-refractivity contribution in [2.75, 3.05) is 18.4 Å². The molecular weight excluding hydrogens is 302 g/mol. The first kappa shape index (κ1) is 14.6. The molecule has 1 aromatic rings. The van der Waals surface area contributed by atoms with Crippen molar-refractivity contribution in [3.05, 3.63) is 34.9 Å². The maximum absolute atomic E-state index is 12.5. The number of fused-ring (bicyclic) bond motifs is 1. The lowest BCUT2D eigenvalue weighted by Gasteiger charge is -2.29. The molecule has 1 aliphatic heterocycles. The Morgan fingerprint density at radius 1 is 1.32 bits per heavy atom. The average Bonchev–Trinajstić information content (AvgIpc) is 2.41. The Hall–Kier alpha value is -0.830. The first-order chi connectivity index (χ1) is 9.13. The molecule has 0 aliphatic carbocycles. The standard InChI is InChI=1S/C16H22BrNO/c1-12(2)14-6-5-13-7-10-18(9-4-3-8-17)16(19)15(13)11-14/h5-6,11-12H,3-4,7-10H2,1-2H3. The van der Waals surface area contributed by atoms with E-state index >= 15 is 0 Å². The van der Waals surface area contributed by atoms with Gasteiger partial charge in [-0.25, -0.2) is 0 Å². The van der Waals surface area contributed by atoms with E-state index in [1.165, 1.54) is 11.1 Å². The SMILES string of the molecule is CC(C)c1ccc2c(c1)C(=O)N(CCCCBr)CC2. The van der Waals surface area contributed by atoms with Crippen molar-refractivity contribution in [1.29, 1.82) is 0 Å². The maximum atomic E-state index is 12.5. The lowest BCUT2D eigenvalue weighted by Crippen LogP contribution is -2.38. The van der Waals surface area contributed by atoms with Crippen LogP contribution in [0.2, 0.25) is 0 Å². The van der Waals surface area contributed by atoms with Crippen LogP contribution in [0.1, 0.15) is 54.1 Å². The Kier molecular flexibility index (Phi) is 5.03. The van der Waals surface area contributed by atoms with Crippen LogP contribution < -0.4 is 0 Å². The van der Waals surface area contributed by atoms with Crippen molar-refractivity contribution < 1.29 is 4.79 Å².